The Morgan fingerprint density at radius 1 is 0.857 bits per heavy atom. The Hall–Kier alpha value is -2.07. The van der Waals surface area contributed by atoms with Gasteiger partial charge in [-0.2, -0.15) is 5.26 Å². The number of hydrogen-bond donors (Lipinski definition) is 0. The Kier molecular flexibility index (Phi) is 6.03. The molecule has 0 radical (unpaired) electrons. The van der Waals surface area contributed by atoms with E-state index in [-0.39, 0.29) is 0 Å². The van der Waals surface area contributed by atoms with Crippen LogP contribution in [0, 0.1) is 11.3 Å². The van der Waals surface area contributed by atoms with Crippen molar-refractivity contribution in [3.8, 4) is 17.2 Å². The molecule has 0 saturated heterocycles. The molecular weight excluding hydrogens is 254 g/mol. The topological polar surface area (TPSA) is 23.8 Å². The van der Waals surface area contributed by atoms with Crippen molar-refractivity contribution in [3.63, 3.8) is 0 Å². The molecule has 21 heavy (non-hydrogen) atoms. The molecule has 2 rings (SSSR count). The predicted octanol–water partition coefficient (Wildman–Crippen LogP) is 5.74. The number of benzene rings is 2. The fourth-order valence-electron chi connectivity index (χ4n) is 2.75. The van der Waals surface area contributed by atoms with Crippen molar-refractivity contribution in [1.82, 2.24) is 0 Å². The summed E-state index contributed by atoms with van der Waals surface area (Å²) in [7, 11) is 0. The van der Waals surface area contributed by atoms with E-state index >= 15 is 0 Å². The first-order valence-electron chi connectivity index (χ1n) is 7.94. The minimum atomic E-state index is 0.826. The Balaban J connectivity index is 2.19. The lowest BCUT2D eigenvalue weighted by molar-refractivity contribution is 0.632. The van der Waals surface area contributed by atoms with Gasteiger partial charge in [0.2, 0.25) is 0 Å². The van der Waals surface area contributed by atoms with Crippen molar-refractivity contribution in [3.05, 3.63) is 59.7 Å². The first-order chi connectivity index (χ1) is 10.4. The molecule has 0 amide bonds. The third-order valence-electron chi connectivity index (χ3n) is 3.91. The monoisotopic (exact) mass is 277 g/mol. The molecule has 0 heterocycles. The zero-order chi connectivity index (χ0) is 14.9. The molecule has 0 bridgehead atoms. The van der Waals surface area contributed by atoms with Gasteiger partial charge in [-0.3, -0.25) is 0 Å². The molecule has 0 unspecified atom stereocenters. The minimum Gasteiger partial charge on any atom is -0.192 e. The summed E-state index contributed by atoms with van der Waals surface area (Å²) in [6, 6.07) is 18.8. The maximum atomic E-state index is 9.38. The van der Waals surface area contributed by atoms with E-state index in [1.807, 2.05) is 18.2 Å². The Morgan fingerprint density at radius 2 is 1.62 bits per heavy atom. The van der Waals surface area contributed by atoms with E-state index < -0.39 is 0 Å². The third kappa shape index (κ3) is 4.20. The zero-order valence-corrected chi connectivity index (χ0v) is 12.8. The summed E-state index contributed by atoms with van der Waals surface area (Å²) in [5.41, 5.74) is 4.46. The van der Waals surface area contributed by atoms with Gasteiger partial charge in [0.25, 0.3) is 0 Å². The molecular formula is C20H23N. The van der Waals surface area contributed by atoms with Gasteiger partial charge in [-0.25, -0.2) is 0 Å². The van der Waals surface area contributed by atoms with Crippen molar-refractivity contribution in [2.45, 2.75) is 45.4 Å². The van der Waals surface area contributed by atoms with E-state index in [1.165, 1.54) is 48.8 Å². The van der Waals surface area contributed by atoms with Crippen molar-refractivity contribution in [2.75, 3.05) is 0 Å². The quantitative estimate of drug-likeness (QED) is 0.592. The van der Waals surface area contributed by atoms with Crippen LogP contribution in [0.25, 0.3) is 11.1 Å². The van der Waals surface area contributed by atoms with Crippen molar-refractivity contribution >= 4 is 0 Å². The SMILES string of the molecule is CCCCCCCc1c(C#N)cccc1-c1ccccc1. The van der Waals surface area contributed by atoms with Crippen LogP contribution in [0.2, 0.25) is 0 Å². The van der Waals surface area contributed by atoms with Gasteiger partial charge < -0.3 is 0 Å². The van der Waals surface area contributed by atoms with Crippen LogP contribution in [0.4, 0.5) is 0 Å². The van der Waals surface area contributed by atoms with E-state index in [9.17, 15) is 5.26 Å². The van der Waals surface area contributed by atoms with Crippen LogP contribution in [0.15, 0.2) is 48.5 Å². The lowest BCUT2D eigenvalue weighted by Crippen LogP contribution is -1.95. The van der Waals surface area contributed by atoms with Crippen molar-refractivity contribution < 1.29 is 0 Å². The number of rotatable bonds is 7. The highest BCUT2D eigenvalue weighted by molar-refractivity contribution is 5.70. The molecule has 108 valence electrons. The van der Waals surface area contributed by atoms with E-state index in [0.29, 0.717) is 0 Å². The lowest BCUT2D eigenvalue weighted by Gasteiger charge is -2.11. The van der Waals surface area contributed by atoms with Crippen LogP contribution in [-0.2, 0) is 6.42 Å². The molecule has 2 aromatic carbocycles. The second-order valence-corrected chi connectivity index (χ2v) is 5.47. The van der Waals surface area contributed by atoms with Gasteiger partial charge in [0.1, 0.15) is 0 Å². The molecule has 0 aliphatic heterocycles. The second-order valence-electron chi connectivity index (χ2n) is 5.47. The second kappa shape index (κ2) is 8.27. The van der Waals surface area contributed by atoms with Gasteiger partial charge in [0, 0.05) is 0 Å². The molecule has 0 aromatic heterocycles. The summed E-state index contributed by atoms with van der Waals surface area (Å²) >= 11 is 0. The number of unbranched alkanes of at least 4 members (excludes halogenated alkanes) is 4. The summed E-state index contributed by atoms with van der Waals surface area (Å²) in [6.45, 7) is 2.23. The van der Waals surface area contributed by atoms with Gasteiger partial charge in [0.05, 0.1) is 11.6 Å². The van der Waals surface area contributed by atoms with E-state index in [4.69, 9.17) is 0 Å². The Morgan fingerprint density at radius 3 is 2.33 bits per heavy atom. The predicted molar refractivity (Wildman–Crippen MR) is 89.1 cm³/mol. The van der Waals surface area contributed by atoms with Crippen LogP contribution in [-0.4, -0.2) is 0 Å². The van der Waals surface area contributed by atoms with E-state index in [0.717, 1.165) is 12.0 Å². The smallest absolute Gasteiger partial charge is 0.0994 e. The molecule has 0 N–H and O–H groups in total. The van der Waals surface area contributed by atoms with Gasteiger partial charge in [-0.15, -0.1) is 0 Å². The summed E-state index contributed by atoms with van der Waals surface area (Å²) in [5, 5.41) is 9.38. The fourth-order valence-corrected chi connectivity index (χ4v) is 2.75. The van der Waals surface area contributed by atoms with Gasteiger partial charge in [0.15, 0.2) is 0 Å². The highest BCUT2D eigenvalue weighted by atomic mass is 14.3. The van der Waals surface area contributed by atoms with Crippen molar-refractivity contribution in [1.29, 1.82) is 5.26 Å². The fraction of sp³-hybridized carbons (Fsp3) is 0.350. The third-order valence-corrected chi connectivity index (χ3v) is 3.91. The van der Waals surface area contributed by atoms with Gasteiger partial charge >= 0.3 is 0 Å². The molecule has 0 aliphatic rings. The molecule has 2 aromatic rings. The molecule has 0 saturated carbocycles. The molecule has 0 spiro atoms. The van der Waals surface area contributed by atoms with Crippen LogP contribution < -0.4 is 0 Å². The average Bonchev–Trinajstić information content (AvgIpc) is 2.55. The average molecular weight is 277 g/mol. The number of nitrogens with zero attached hydrogens (tertiary/aromatic N) is 1. The van der Waals surface area contributed by atoms with Crippen LogP contribution in [0.5, 0.6) is 0 Å². The highest BCUT2D eigenvalue weighted by Crippen LogP contribution is 2.27. The molecule has 1 nitrogen and oxygen atoms in total. The standard InChI is InChI=1S/C20H23N/c1-2-3-4-5-9-14-20-18(16-21)13-10-15-19(20)17-11-7-6-8-12-17/h6-8,10-13,15H,2-5,9,14H2,1H3. The highest BCUT2D eigenvalue weighted by Gasteiger charge is 2.09. The first kappa shape index (κ1) is 15.3. The largest absolute Gasteiger partial charge is 0.192 e. The molecule has 0 atom stereocenters. The van der Waals surface area contributed by atoms with Crippen LogP contribution in [0.1, 0.15) is 50.2 Å². The summed E-state index contributed by atoms with van der Waals surface area (Å²) in [6.07, 6.45) is 7.29. The molecule has 0 fully saturated rings. The lowest BCUT2D eigenvalue weighted by atomic mass is 9.92. The van der Waals surface area contributed by atoms with Crippen molar-refractivity contribution in [2.24, 2.45) is 0 Å². The number of hydrogen-bond acceptors (Lipinski definition) is 1. The van der Waals surface area contributed by atoms with E-state index in [2.05, 4.69) is 43.3 Å². The Labute approximate surface area is 128 Å². The zero-order valence-electron chi connectivity index (χ0n) is 12.8. The summed E-state index contributed by atoms with van der Waals surface area (Å²) in [4.78, 5) is 0. The first-order valence-corrected chi connectivity index (χ1v) is 7.94. The Bertz CT molecular complexity index is 593. The molecule has 0 aliphatic carbocycles. The maximum absolute atomic E-state index is 9.38. The molecule has 1 heteroatoms. The van der Waals surface area contributed by atoms with Crippen LogP contribution >= 0.6 is 0 Å². The summed E-state index contributed by atoms with van der Waals surface area (Å²) in [5.74, 6) is 0. The van der Waals surface area contributed by atoms with Crippen LogP contribution in [0.3, 0.4) is 0 Å². The maximum Gasteiger partial charge on any atom is 0.0994 e. The normalized spacial score (nSPS) is 10.3. The summed E-state index contributed by atoms with van der Waals surface area (Å²) < 4.78 is 0. The van der Waals surface area contributed by atoms with Gasteiger partial charge in [-0.05, 0) is 35.6 Å². The number of nitriles is 1. The van der Waals surface area contributed by atoms with E-state index in [1.54, 1.807) is 0 Å². The minimum absolute atomic E-state index is 0.826. The van der Waals surface area contributed by atoms with Gasteiger partial charge in [-0.1, -0.05) is 75.1 Å².